The predicted octanol–water partition coefficient (Wildman–Crippen LogP) is 3.72. The van der Waals surface area contributed by atoms with Gasteiger partial charge in [0.1, 0.15) is 5.75 Å². The molecule has 0 aliphatic carbocycles. The summed E-state index contributed by atoms with van der Waals surface area (Å²) in [5, 5.41) is 9.73. The van der Waals surface area contributed by atoms with Gasteiger partial charge < -0.3 is 10.8 Å². The second-order valence-corrected chi connectivity index (χ2v) is 4.99. The summed E-state index contributed by atoms with van der Waals surface area (Å²) in [6.07, 6.45) is 1.87. The van der Waals surface area contributed by atoms with Crippen LogP contribution in [0.25, 0.3) is 0 Å². The summed E-state index contributed by atoms with van der Waals surface area (Å²) in [6, 6.07) is 3.45. The second-order valence-electron chi connectivity index (χ2n) is 3.22. The molecule has 0 bridgehead atoms. The SMILES string of the molecule is CCCC(N)c1c(O)cc(Br)cc1Br. The van der Waals surface area contributed by atoms with Crippen LogP contribution < -0.4 is 5.73 Å². The summed E-state index contributed by atoms with van der Waals surface area (Å²) in [5.74, 6) is 0.243. The van der Waals surface area contributed by atoms with Crippen molar-refractivity contribution in [2.75, 3.05) is 0 Å². The van der Waals surface area contributed by atoms with Crippen LogP contribution in [0.15, 0.2) is 21.1 Å². The van der Waals surface area contributed by atoms with Crippen LogP contribution in [0.2, 0.25) is 0 Å². The molecular weight excluding hydrogens is 310 g/mol. The van der Waals surface area contributed by atoms with E-state index in [0.717, 1.165) is 27.4 Å². The highest BCUT2D eigenvalue weighted by Gasteiger charge is 2.14. The van der Waals surface area contributed by atoms with E-state index in [1.165, 1.54) is 0 Å². The van der Waals surface area contributed by atoms with Gasteiger partial charge in [0.15, 0.2) is 0 Å². The molecule has 0 aliphatic rings. The number of nitrogens with two attached hydrogens (primary N) is 1. The standard InChI is InChI=1S/C10H13Br2NO/c1-2-3-8(13)10-7(12)4-6(11)5-9(10)14/h4-5,8,14H,2-3,13H2,1H3. The molecule has 0 radical (unpaired) electrons. The van der Waals surface area contributed by atoms with Crippen LogP contribution >= 0.6 is 31.9 Å². The summed E-state index contributed by atoms with van der Waals surface area (Å²) in [7, 11) is 0. The maximum atomic E-state index is 9.73. The normalized spacial score (nSPS) is 12.9. The van der Waals surface area contributed by atoms with Crippen molar-refractivity contribution in [3.63, 3.8) is 0 Å². The summed E-state index contributed by atoms with van der Waals surface area (Å²) < 4.78 is 1.69. The quantitative estimate of drug-likeness (QED) is 0.891. The lowest BCUT2D eigenvalue weighted by atomic mass is 10.0. The van der Waals surface area contributed by atoms with Crippen molar-refractivity contribution in [3.05, 3.63) is 26.6 Å². The Bertz CT molecular complexity index is 305. The zero-order valence-electron chi connectivity index (χ0n) is 7.93. The molecule has 2 nitrogen and oxygen atoms in total. The predicted molar refractivity (Wildman–Crippen MR) is 65.3 cm³/mol. The van der Waals surface area contributed by atoms with E-state index in [4.69, 9.17) is 5.73 Å². The molecule has 3 N–H and O–H groups in total. The van der Waals surface area contributed by atoms with Crippen LogP contribution in [0.4, 0.5) is 0 Å². The van der Waals surface area contributed by atoms with E-state index in [-0.39, 0.29) is 11.8 Å². The Balaban J connectivity index is 3.07. The van der Waals surface area contributed by atoms with Gasteiger partial charge in [-0.1, -0.05) is 45.2 Å². The largest absolute Gasteiger partial charge is 0.508 e. The highest BCUT2D eigenvalue weighted by Crippen LogP contribution is 2.35. The average molecular weight is 323 g/mol. The van der Waals surface area contributed by atoms with E-state index < -0.39 is 0 Å². The minimum Gasteiger partial charge on any atom is -0.508 e. The Kier molecular flexibility index (Phi) is 4.41. The highest BCUT2D eigenvalue weighted by molar-refractivity contribution is 9.11. The molecule has 0 fully saturated rings. The van der Waals surface area contributed by atoms with E-state index >= 15 is 0 Å². The molecule has 4 heteroatoms. The Morgan fingerprint density at radius 2 is 2.07 bits per heavy atom. The molecule has 0 spiro atoms. The number of benzene rings is 1. The molecule has 1 atom stereocenters. The van der Waals surface area contributed by atoms with Gasteiger partial charge in [-0.2, -0.15) is 0 Å². The first-order valence-electron chi connectivity index (χ1n) is 4.49. The molecule has 0 saturated heterocycles. The van der Waals surface area contributed by atoms with Crippen molar-refractivity contribution in [2.45, 2.75) is 25.8 Å². The van der Waals surface area contributed by atoms with E-state index in [1.807, 2.05) is 6.07 Å². The summed E-state index contributed by atoms with van der Waals surface area (Å²) in [5.41, 5.74) is 6.74. The zero-order chi connectivity index (χ0) is 10.7. The minimum atomic E-state index is -0.109. The lowest BCUT2D eigenvalue weighted by Gasteiger charge is -2.14. The van der Waals surface area contributed by atoms with Crippen molar-refractivity contribution in [2.24, 2.45) is 5.73 Å². The number of phenols is 1. The smallest absolute Gasteiger partial charge is 0.122 e. The Labute approximate surface area is 101 Å². The summed E-state index contributed by atoms with van der Waals surface area (Å²) in [4.78, 5) is 0. The maximum absolute atomic E-state index is 9.73. The van der Waals surface area contributed by atoms with Crippen LogP contribution in [0, 0.1) is 0 Å². The number of phenolic OH excluding ortho intramolecular Hbond substituents is 1. The van der Waals surface area contributed by atoms with Crippen LogP contribution in [-0.4, -0.2) is 5.11 Å². The van der Waals surface area contributed by atoms with E-state index in [2.05, 4.69) is 38.8 Å². The Morgan fingerprint density at radius 3 is 2.57 bits per heavy atom. The third kappa shape index (κ3) is 2.72. The first-order valence-corrected chi connectivity index (χ1v) is 6.08. The molecule has 14 heavy (non-hydrogen) atoms. The number of halogens is 2. The third-order valence-electron chi connectivity index (χ3n) is 2.04. The molecule has 0 amide bonds. The fraction of sp³-hybridized carbons (Fsp3) is 0.400. The molecule has 1 aromatic carbocycles. The zero-order valence-corrected chi connectivity index (χ0v) is 11.1. The number of aromatic hydroxyl groups is 1. The minimum absolute atomic E-state index is 0.109. The van der Waals surface area contributed by atoms with Gasteiger partial charge in [-0.25, -0.2) is 0 Å². The van der Waals surface area contributed by atoms with Gasteiger partial charge in [0, 0.05) is 20.6 Å². The van der Waals surface area contributed by atoms with E-state index in [0.29, 0.717) is 0 Å². The highest BCUT2D eigenvalue weighted by atomic mass is 79.9. The molecule has 0 saturated carbocycles. The van der Waals surface area contributed by atoms with E-state index in [1.54, 1.807) is 6.07 Å². The van der Waals surface area contributed by atoms with Crippen molar-refractivity contribution in [1.82, 2.24) is 0 Å². The van der Waals surface area contributed by atoms with Crippen LogP contribution in [-0.2, 0) is 0 Å². The molecule has 1 aromatic rings. The summed E-state index contributed by atoms with van der Waals surface area (Å²) >= 11 is 6.70. The molecule has 0 aliphatic heterocycles. The average Bonchev–Trinajstić information content (AvgIpc) is 2.01. The lowest BCUT2D eigenvalue weighted by Crippen LogP contribution is -2.10. The van der Waals surface area contributed by atoms with Crippen LogP contribution in [0.3, 0.4) is 0 Å². The number of hydrogen-bond acceptors (Lipinski definition) is 2. The summed E-state index contributed by atoms with van der Waals surface area (Å²) in [6.45, 7) is 2.07. The third-order valence-corrected chi connectivity index (χ3v) is 3.16. The van der Waals surface area contributed by atoms with Crippen molar-refractivity contribution >= 4 is 31.9 Å². The molecule has 1 unspecified atom stereocenters. The van der Waals surface area contributed by atoms with Crippen molar-refractivity contribution < 1.29 is 5.11 Å². The van der Waals surface area contributed by atoms with Crippen LogP contribution in [0.1, 0.15) is 31.4 Å². The van der Waals surface area contributed by atoms with Gasteiger partial charge in [0.25, 0.3) is 0 Å². The fourth-order valence-corrected chi connectivity index (χ4v) is 2.89. The van der Waals surface area contributed by atoms with Gasteiger partial charge >= 0.3 is 0 Å². The Morgan fingerprint density at radius 1 is 1.43 bits per heavy atom. The van der Waals surface area contributed by atoms with Gasteiger partial charge in [-0.05, 0) is 18.6 Å². The Hall–Kier alpha value is -0.0600. The fourth-order valence-electron chi connectivity index (χ4n) is 1.39. The molecular formula is C10H13Br2NO. The first-order chi connectivity index (χ1) is 6.56. The molecule has 1 rings (SSSR count). The molecule has 78 valence electrons. The maximum Gasteiger partial charge on any atom is 0.122 e. The van der Waals surface area contributed by atoms with Gasteiger partial charge in [0.2, 0.25) is 0 Å². The second kappa shape index (κ2) is 5.14. The number of hydrogen-bond donors (Lipinski definition) is 2. The topological polar surface area (TPSA) is 46.2 Å². The van der Waals surface area contributed by atoms with Crippen LogP contribution in [0.5, 0.6) is 5.75 Å². The monoisotopic (exact) mass is 321 g/mol. The van der Waals surface area contributed by atoms with E-state index in [9.17, 15) is 5.11 Å². The molecule has 0 heterocycles. The van der Waals surface area contributed by atoms with Gasteiger partial charge in [-0.15, -0.1) is 0 Å². The molecule has 0 aromatic heterocycles. The first kappa shape index (κ1) is 12.0. The van der Waals surface area contributed by atoms with Gasteiger partial charge in [-0.3, -0.25) is 0 Å². The van der Waals surface area contributed by atoms with Crippen molar-refractivity contribution in [3.8, 4) is 5.75 Å². The van der Waals surface area contributed by atoms with Crippen molar-refractivity contribution in [1.29, 1.82) is 0 Å². The lowest BCUT2D eigenvalue weighted by molar-refractivity contribution is 0.456. The number of rotatable bonds is 3. The van der Waals surface area contributed by atoms with Gasteiger partial charge in [0.05, 0.1) is 0 Å².